The molecule has 0 fully saturated rings. The van der Waals surface area contributed by atoms with Gasteiger partial charge in [0.2, 0.25) is 0 Å². The zero-order valence-electron chi connectivity index (χ0n) is 11.0. The van der Waals surface area contributed by atoms with Crippen LogP contribution in [0.3, 0.4) is 0 Å². The molecule has 20 heavy (non-hydrogen) atoms. The van der Waals surface area contributed by atoms with Gasteiger partial charge in [-0.3, -0.25) is 0 Å². The lowest BCUT2D eigenvalue weighted by atomic mass is 10.3. The van der Waals surface area contributed by atoms with Gasteiger partial charge >= 0.3 is 0 Å². The summed E-state index contributed by atoms with van der Waals surface area (Å²) in [6, 6.07) is 4.72. The fourth-order valence-electron chi connectivity index (χ4n) is 1.60. The number of aromatic nitrogens is 2. The summed E-state index contributed by atoms with van der Waals surface area (Å²) in [5.74, 6) is 0.530. The molecule has 0 saturated carbocycles. The number of hydrogen-bond acceptors (Lipinski definition) is 5. The van der Waals surface area contributed by atoms with Crippen LogP contribution in [0.25, 0.3) is 0 Å². The maximum Gasteiger partial charge on any atom is 0.159 e. The Morgan fingerprint density at radius 3 is 2.75 bits per heavy atom. The minimum Gasteiger partial charge on any atom is -0.393 e. The first-order valence-corrected chi connectivity index (χ1v) is 6.97. The van der Waals surface area contributed by atoms with Gasteiger partial charge in [-0.2, -0.15) is 0 Å². The molecule has 1 aromatic carbocycles. The van der Waals surface area contributed by atoms with Crippen molar-refractivity contribution in [1.82, 2.24) is 9.97 Å². The minimum absolute atomic E-state index is 0.306. The number of benzene rings is 1. The minimum atomic E-state index is -0.388. The third-order valence-electron chi connectivity index (χ3n) is 2.61. The van der Waals surface area contributed by atoms with Gasteiger partial charge in [-0.25, -0.2) is 14.4 Å². The lowest BCUT2D eigenvalue weighted by Gasteiger charge is -2.12. The second-order valence-electron chi connectivity index (χ2n) is 4.16. The number of halogens is 2. The Hall–Kier alpha value is -1.89. The highest BCUT2D eigenvalue weighted by molar-refractivity contribution is 9.10. The molecule has 4 N–H and O–H groups in total. The van der Waals surface area contributed by atoms with Crippen LogP contribution in [-0.2, 0) is 0 Å². The summed E-state index contributed by atoms with van der Waals surface area (Å²) in [5.41, 5.74) is 6.64. The Bertz CT molecular complexity index is 605. The molecule has 0 atom stereocenters. The molecule has 0 aliphatic heterocycles. The summed E-state index contributed by atoms with van der Waals surface area (Å²) >= 11 is 3.21. The molecular formula is C13H15BrFN5. The average Bonchev–Trinajstić information content (AvgIpc) is 2.42. The fraction of sp³-hybridized carbons (Fsp3) is 0.231. The number of nitrogens with two attached hydrogens (primary N) is 1. The fourth-order valence-corrected chi connectivity index (χ4v) is 1.93. The molecule has 0 aliphatic rings. The van der Waals surface area contributed by atoms with Crippen LogP contribution in [0.5, 0.6) is 0 Å². The van der Waals surface area contributed by atoms with Gasteiger partial charge in [0, 0.05) is 11.0 Å². The number of hydrogen-bond donors (Lipinski definition) is 3. The number of anilines is 4. The first-order valence-electron chi connectivity index (χ1n) is 6.18. The molecule has 1 heterocycles. The van der Waals surface area contributed by atoms with E-state index in [-0.39, 0.29) is 5.82 Å². The number of nitrogens with one attached hydrogen (secondary N) is 2. The van der Waals surface area contributed by atoms with Crippen LogP contribution < -0.4 is 16.4 Å². The zero-order chi connectivity index (χ0) is 14.5. The number of nitrogen functional groups attached to an aromatic ring is 1. The lowest BCUT2D eigenvalue weighted by Crippen LogP contribution is -2.08. The first kappa shape index (κ1) is 14.5. The van der Waals surface area contributed by atoms with Crippen molar-refractivity contribution >= 4 is 38.9 Å². The van der Waals surface area contributed by atoms with Gasteiger partial charge in [-0.15, -0.1) is 0 Å². The first-order chi connectivity index (χ1) is 9.61. The predicted octanol–water partition coefficient (Wildman–Crippen LogP) is 3.53. The van der Waals surface area contributed by atoms with Gasteiger partial charge in [0.05, 0.1) is 5.69 Å². The van der Waals surface area contributed by atoms with E-state index in [0.29, 0.717) is 27.5 Å². The van der Waals surface area contributed by atoms with E-state index in [0.717, 1.165) is 13.0 Å². The summed E-state index contributed by atoms with van der Waals surface area (Å²) < 4.78 is 14.4. The smallest absolute Gasteiger partial charge is 0.159 e. The van der Waals surface area contributed by atoms with Crippen LogP contribution in [0.4, 0.5) is 27.4 Å². The Kier molecular flexibility index (Phi) is 4.73. The van der Waals surface area contributed by atoms with Crippen molar-refractivity contribution in [3.05, 3.63) is 34.8 Å². The molecule has 0 aliphatic carbocycles. The van der Waals surface area contributed by atoms with Crippen molar-refractivity contribution in [1.29, 1.82) is 0 Å². The SMILES string of the molecule is CCCNc1ncnc(Nc2ccc(Br)cc2F)c1N. The zero-order valence-corrected chi connectivity index (χ0v) is 12.5. The molecule has 0 spiro atoms. The molecule has 2 rings (SSSR count). The van der Waals surface area contributed by atoms with E-state index in [1.165, 1.54) is 12.4 Å². The summed E-state index contributed by atoms with van der Waals surface area (Å²) in [6.07, 6.45) is 2.33. The van der Waals surface area contributed by atoms with Gasteiger partial charge in [-0.05, 0) is 24.6 Å². The highest BCUT2D eigenvalue weighted by Gasteiger charge is 2.10. The number of nitrogens with zero attached hydrogens (tertiary/aromatic N) is 2. The average molecular weight is 340 g/mol. The van der Waals surface area contributed by atoms with Crippen molar-refractivity contribution in [2.24, 2.45) is 0 Å². The highest BCUT2D eigenvalue weighted by Crippen LogP contribution is 2.28. The van der Waals surface area contributed by atoms with Gasteiger partial charge in [-0.1, -0.05) is 22.9 Å². The highest BCUT2D eigenvalue weighted by atomic mass is 79.9. The quantitative estimate of drug-likeness (QED) is 0.776. The molecule has 0 radical (unpaired) electrons. The lowest BCUT2D eigenvalue weighted by molar-refractivity contribution is 0.631. The van der Waals surface area contributed by atoms with Crippen LogP contribution in [0.2, 0.25) is 0 Å². The van der Waals surface area contributed by atoms with Crippen molar-refractivity contribution in [2.45, 2.75) is 13.3 Å². The van der Waals surface area contributed by atoms with Crippen molar-refractivity contribution in [3.63, 3.8) is 0 Å². The van der Waals surface area contributed by atoms with Crippen LogP contribution in [0, 0.1) is 5.82 Å². The Morgan fingerprint density at radius 1 is 1.30 bits per heavy atom. The van der Waals surface area contributed by atoms with E-state index in [9.17, 15) is 4.39 Å². The van der Waals surface area contributed by atoms with Crippen molar-refractivity contribution in [2.75, 3.05) is 22.9 Å². The van der Waals surface area contributed by atoms with Crippen molar-refractivity contribution < 1.29 is 4.39 Å². The van der Waals surface area contributed by atoms with E-state index >= 15 is 0 Å². The predicted molar refractivity (Wildman–Crippen MR) is 82.6 cm³/mol. The summed E-state index contributed by atoms with van der Waals surface area (Å²) in [6.45, 7) is 2.80. The standard InChI is InChI=1S/C13H15BrFN5/c1-2-5-17-12-11(16)13(19-7-18-12)20-10-4-3-8(14)6-9(10)15/h3-4,6-7H,2,5,16H2,1H3,(H2,17,18,19,20). The van der Waals surface area contributed by atoms with Gasteiger partial charge in [0.25, 0.3) is 0 Å². The molecule has 0 unspecified atom stereocenters. The molecule has 0 amide bonds. The Balaban J connectivity index is 2.24. The van der Waals surface area contributed by atoms with Gasteiger partial charge in [0.15, 0.2) is 11.6 Å². The largest absolute Gasteiger partial charge is 0.393 e. The second kappa shape index (κ2) is 6.51. The number of rotatable bonds is 5. The monoisotopic (exact) mass is 339 g/mol. The third-order valence-corrected chi connectivity index (χ3v) is 3.10. The van der Waals surface area contributed by atoms with Gasteiger partial charge < -0.3 is 16.4 Å². The molecule has 2 aromatic rings. The summed E-state index contributed by atoms with van der Waals surface area (Å²) in [5, 5.41) is 5.97. The molecule has 0 bridgehead atoms. The molecule has 1 aromatic heterocycles. The molecule has 7 heteroatoms. The molecule has 5 nitrogen and oxygen atoms in total. The molecule has 106 valence electrons. The normalized spacial score (nSPS) is 10.3. The van der Waals surface area contributed by atoms with Gasteiger partial charge in [0.1, 0.15) is 17.8 Å². The van der Waals surface area contributed by atoms with E-state index in [4.69, 9.17) is 5.73 Å². The third kappa shape index (κ3) is 3.36. The Labute approximate surface area is 124 Å². The second-order valence-corrected chi connectivity index (χ2v) is 5.08. The van der Waals surface area contributed by atoms with Crippen LogP contribution in [-0.4, -0.2) is 16.5 Å². The van der Waals surface area contributed by atoms with E-state index in [2.05, 4.69) is 36.5 Å². The Morgan fingerprint density at radius 2 is 2.05 bits per heavy atom. The maximum atomic E-state index is 13.8. The van der Waals surface area contributed by atoms with Crippen molar-refractivity contribution in [3.8, 4) is 0 Å². The maximum absolute atomic E-state index is 13.8. The van der Waals surface area contributed by atoms with Crippen LogP contribution >= 0.6 is 15.9 Å². The topological polar surface area (TPSA) is 75.9 Å². The van der Waals surface area contributed by atoms with E-state index in [1.807, 2.05) is 6.92 Å². The van der Waals surface area contributed by atoms with E-state index < -0.39 is 0 Å². The summed E-state index contributed by atoms with van der Waals surface area (Å²) in [4.78, 5) is 8.11. The van der Waals surface area contributed by atoms with E-state index in [1.54, 1.807) is 12.1 Å². The van der Waals surface area contributed by atoms with Crippen LogP contribution in [0.1, 0.15) is 13.3 Å². The molecule has 0 saturated heterocycles. The molecular weight excluding hydrogens is 325 g/mol. The summed E-state index contributed by atoms with van der Waals surface area (Å²) in [7, 11) is 0. The van der Waals surface area contributed by atoms with Crippen LogP contribution in [0.15, 0.2) is 29.0 Å².